The van der Waals surface area contributed by atoms with E-state index in [0.29, 0.717) is 19.6 Å². The zero-order valence-electron chi connectivity index (χ0n) is 10.7. The molecule has 0 spiro atoms. The second-order valence-corrected chi connectivity index (χ2v) is 5.07. The monoisotopic (exact) mass is 248 g/mol. The highest BCUT2D eigenvalue weighted by Crippen LogP contribution is 2.48. The van der Waals surface area contributed by atoms with Crippen LogP contribution < -0.4 is 10.5 Å². The standard InChI is InChI=1S/C14H20N2O2/c1-17-9-11-3-2-4-12(7-11)18-10-14(5-6-14)8-13(15)16/h2-4,7H,5-6,8-10H2,1H3,(H3,15,16). The molecule has 3 N–H and O–H groups in total. The summed E-state index contributed by atoms with van der Waals surface area (Å²) in [5.41, 5.74) is 6.68. The molecule has 0 amide bonds. The van der Waals surface area contributed by atoms with Crippen molar-refractivity contribution in [2.24, 2.45) is 11.1 Å². The lowest BCUT2D eigenvalue weighted by molar-refractivity contribution is 0.184. The molecule has 0 bridgehead atoms. The quantitative estimate of drug-likeness (QED) is 0.574. The molecule has 4 heteroatoms. The van der Waals surface area contributed by atoms with E-state index >= 15 is 0 Å². The summed E-state index contributed by atoms with van der Waals surface area (Å²) in [5.74, 6) is 1.11. The van der Waals surface area contributed by atoms with E-state index in [1.54, 1.807) is 7.11 Å². The minimum Gasteiger partial charge on any atom is -0.493 e. The molecular formula is C14H20N2O2. The van der Waals surface area contributed by atoms with Gasteiger partial charge in [0.15, 0.2) is 0 Å². The van der Waals surface area contributed by atoms with Crippen LogP contribution in [-0.2, 0) is 11.3 Å². The van der Waals surface area contributed by atoms with Gasteiger partial charge in [0, 0.05) is 18.9 Å². The van der Waals surface area contributed by atoms with Gasteiger partial charge in [0.1, 0.15) is 5.75 Å². The van der Waals surface area contributed by atoms with E-state index in [1.807, 2.05) is 24.3 Å². The highest BCUT2D eigenvalue weighted by atomic mass is 16.5. The molecule has 1 fully saturated rings. The molecule has 1 aliphatic rings. The van der Waals surface area contributed by atoms with Crippen LogP contribution >= 0.6 is 0 Å². The van der Waals surface area contributed by atoms with Crippen LogP contribution in [0, 0.1) is 10.8 Å². The predicted molar refractivity (Wildman–Crippen MR) is 70.8 cm³/mol. The van der Waals surface area contributed by atoms with E-state index in [4.69, 9.17) is 20.6 Å². The van der Waals surface area contributed by atoms with Crippen LogP contribution in [0.5, 0.6) is 5.75 Å². The van der Waals surface area contributed by atoms with Crippen LogP contribution in [0.3, 0.4) is 0 Å². The Morgan fingerprint density at radius 1 is 1.44 bits per heavy atom. The Morgan fingerprint density at radius 2 is 2.22 bits per heavy atom. The topological polar surface area (TPSA) is 68.3 Å². The molecule has 2 rings (SSSR count). The minimum atomic E-state index is 0.114. The number of hydrogen-bond donors (Lipinski definition) is 2. The molecule has 1 aliphatic carbocycles. The SMILES string of the molecule is COCc1cccc(OCC2(CC(=N)N)CC2)c1. The number of nitrogens with one attached hydrogen (secondary N) is 1. The third-order valence-corrected chi connectivity index (χ3v) is 3.28. The van der Waals surface area contributed by atoms with Crippen molar-refractivity contribution in [1.29, 1.82) is 5.41 Å². The number of hydrogen-bond acceptors (Lipinski definition) is 3. The lowest BCUT2D eigenvalue weighted by Crippen LogP contribution is -2.21. The molecule has 4 nitrogen and oxygen atoms in total. The van der Waals surface area contributed by atoms with Crippen molar-refractivity contribution in [2.45, 2.75) is 25.9 Å². The maximum atomic E-state index is 7.37. The van der Waals surface area contributed by atoms with Gasteiger partial charge in [-0.3, -0.25) is 5.41 Å². The van der Waals surface area contributed by atoms with Crippen LogP contribution in [0.25, 0.3) is 0 Å². The fraction of sp³-hybridized carbons (Fsp3) is 0.500. The summed E-state index contributed by atoms with van der Waals surface area (Å²) in [7, 11) is 1.68. The van der Waals surface area contributed by atoms with Crippen molar-refractivity contribution in [1.82, 2.24) is 0 Å². The summed E-state index contributed by atoms with van der Waals surface area (Å²) < 4.78 is 10.9. The third kappa shape index (κ3) is 3.47. The second-order valence-electron chi connectivity index (χ2n) is 5.07. The summed E-state index contributed by atoms with van der Waals surface area (Å²) in [6.07, 6.45) is 2.85. The summed E-state index contributed by atoms with van der Waals surface area (Å²) in [6, 6.07) is 7.92. The van der Waals surface area contributed by atoms with E-state index < -0.39 is 0 Å². The number of nitrogens with two attached hydrogens (primary N) is 1. The molecule has 0 radical (unpaired) electrons. The number of ether oxygens (including phenoxy) is 2. The summed E-state index contributed by atoms with van der Waals surface area (Å²) in [4.78, 5) is 0. The van der Waals surface area contributed by atoms with Crippen molar-refractivity contribution in [3.05, 3.63) is 29.8 Å². The van der Waals surface area contributed by atoms with Gasteiger partial charge in [-0.05, 0) is 30.5 Å². The Balaban J connectivity index is 1.90. The first-order valence-electron chi connectivity index (χ1n) is 6.17. The van der Waals surface area contributed by atoms with E-state index in [9.17, 15) is 0 Å². The van der Waals surface area contributed by atoms with Crippen molar-refractivity contribution in [3.8, 4) is 5.75 Å². The Kier molecular flexibility index (Phi) is 3.87. The van der Waals surface area contributed by atoms with Gasteiger partial charge >= 0.3 is 0 Å². The zero-order chi connectivity index (χ0) is 13.0. The van der Waals surface area contributed by atoms with Crippen molar-refractivity contribution in [2.75, 3.05) is 13.7 Å². The first-order valence-corrected chi connectivity index (χ1v) is 6.17. The van der Waals surface area contributed by atoms with Crippen molar-refractivity contribution >= 4 is 5.84 Å². The highest BCUT2D eigenvalue weighted by Gasteiger charge is 2.43. The number of methoxy groups -OCH3 is 1. The van der Waals surface area contributed by atoms with Crippen LogP contribution in [0.4, 0.5) is 0 Å². The van der Waals surface area contributed by atoms with Crippen LogP contribution in [-0.4, -0.2) is 19.6 Å². The van der Waals surface area contributed by atoms with Gasteiger partial charge in [-0.25, -0.2) is 0 Å². The molecule has 1 aromatic carbocycles. The van der Waals surface area contributed by atoms with E-state index in [0.717, 1.165) is 24.2 Å². The molecule has 0 heterocycles. The second kappa shape index (κ2) is 5.40. The zero-order valence-corrected chi connectivity index (χ0v) is 10.7. The predicted octanol–water partition coefficient (Wildman–Crippen LogP) is 2.32. The van der Waals surface area contributed by atoms with Gasteiger partial charge in [-0.15, -0.1) is 0 Å². The van der Waals surface area contributed by atoms with E-state index in [2.05, 4.69) is 0 Å². The van der Waals surface area contributed by atoms with Crippen LogP contribution in [0.2, 0.25) is 0 Å². The molecule has 1 saturated carbocycles. The van der Waals surface area contributed by atoms with Gasteiger partial charge < -0.3 is 15.2 Å². The molecule has 0 saturated heterocycles. The van der Waals surface area contributed by atoms with E-state index in [-0.39, 0.29) is 11.3 Å². The normalized spacial score (nSPS) is 16.3. The van der Waals surface area contributed by atoms with Crippen molar-refractivity contribution < 1.29 is 9.47 Å². The van der Waals surface area contributed by atoms with Gasteiger partial charge in [0.2, 0.25) is 0 Å². The maximum Gasteiger partial charge on any atom is 0.119 e. The number of benzene rings is 1. The summed E-state index contributed by atoms with van der Waals surface area (Å²) in [5, 5.41) is 7.37. The molecule has 98 valence electrons. The lowest BCUT2D eigenvalue weighted by Gasteiger charge is -2.15. The number of amidine groups is 1. The highest BCUT2D eigenvalue weighted by molar-refractivity contribution is 5.78. The molecule has 0 atom stereocenters. The molecule has 0 unspecified atom stereocenters. The number of rotatable bonds is 7. The summed E-state index contributed by atoms with van der Waals surface area (Å²) in [6.45, 7) is 1.23. The van der Waals surface area contributed by atoms with Gasteiger partial charge in [-0.2, -0.15) is 0 Å². The minimum absolute atomic E-state index is 0.114. The fourth-order valence-corrected chi connectivity index (χ4v) is 2.08. The average Bonchev–Trinajstić information content (AvgIpc) is 3.07. The van der Waals surface area contributed by atoms with E-state index in [1.165, 1.54) is 0 Å². The smallest absolute Gasteiger partial charge is 0.119 e. The first-order chi connectivity index (χ1) is 8.63. The van der Waals surface area contributed by atoms with Crippen LogP contribution in [0.1, 0.15) is 24.8 Å². The lowest BCUT2D eigenvalue weighted by atomic mass is 10.0. The maximum absolute atomic E-state index is 7.37. The molecule has 1 aromatic rings. The summed E-state index contributed by atoms with van der Waals surface area (Å²) >= 11 is 0. The van der Waals surface area contributed by atoms with Crippen LogP contribution in [0.15, 0.2) is 24.3 Å². The molecule has 0 aromatic heterocycles. The third-order valence-electron chi connectivity index (χ3n) is 3.28. The molecule has 18 heavy (non-hydrogen) atoms. The van der Waals surface area contributed by atoms with Gasteiger partial charge in [-0.1, -0.05) is 12.1 Å². The van der Waals surface area contributed by atoms with Crippen molar-refractivity contribution in [3.63, 3.8) is 0 Å². The fourth-order valence-electron chi connectivity index (χ4n) is 2.08. The Hall–Kier alpha value is -1.55. The first kappa shape index (κ1) is 12.9. The Bertz CT molecular complexity index is 428. The van der Waals surface area contributed by atoms with Gasteiger partial charge in [0.25, 0.3) is 0 Å². The molecular weight excluding hydrogens is 228 g/mol. The average molecular weight is 248 g/mol. The Morgan fingerprint density at radius 3 is 2.83 bits per heavy atom. The largest absolute Gasteiger partial charge is 0.493 e. The van der Waals surface area contributed by atoms with Gasteiger partial charge in [0.05, 0.1) is 19.0 Å². The Labute approximate surface area is 108 Å². The molecule has 0 aliphatic heterocycles.